The number of nitrogens with one attached hydrogen (secondary N) is 1. The molecule has 2 fully saturated rings. The Morgan fingerprint density at radius 3 is 1.51 bits per heavy atom. The number of halogens is 2. The lowest BCUT2D eigenvalue weighted by atomic mass is 9.76. The van der Waals surface area contributed by atoms with Gasteiger partial charge in [-0.2, -0.15) is 0 Å². The molecule has 72 heavy (non-hydrogen) atoms. The Morgan fingerprint density at radius 1 is 0.611 bits per heavy atom. The molecule has 6 nitrogen and oxygen atoms in total. The van der Waals surface area contributed by atoms with Gasteiger partial charge in [0.1, 0.15) is 0 Å². The highest BCUT2D eigenvalue weighted by Crippen LogP contribution is 2.51. The van der Waals surface area contributed by atoms with E-state index in [4.69, 9.17) is 27.9 Å². The monoisotopic (exact) mass is 1030 g/mol. The predicted octanol–water partition coefficient (Wildman–Crippen LogP) is 13.4. The van der Waals surface area contributed by atoms with Gasteiger partial charge < -0.3 is 10.1 Å². The maximum atomic E-state index is 14.3. The topological polar surface area (TPSA) is 61.9 Å². The number of amides is 1. The second-order valence-corrected chi connectivity index (χ2v) is 22.3. The molecule has 4 atom stereocenters. The fourth-order valence-electron chi connectivity index (χ4n) is 11.5. The summed E-state index contributed by atoms with van der Waals surface area (Å²) in [6.45, 7) is 3.05. The van der Waals surface area contributed by atoms with Crippen LogP contribution in [0.1, 0.15) is 70.5 Å². The number of thioether (sulfide) groups is 2. The molecule has 0 saturated carbocycles. The van der Waals surface area contributed by atoms with Crippen LogP contribution in [-0.4, -0.2) is 85.1 Å². The van der Waals surface area contributed by atoms with Gasteiger partial charge in [-0.05, 0) is 89.8 Å². The number of nitrogens with zero attached hydrogens (tertiary/aromatic N) is 2. The Hall–Kier alpha value is -5.32. The summed E-state index contributed by atoms with van der Waals surface area (Å²) in [7, 11) is 1.49. The van der Waals surface area contributed by atoms with Gasteiger partial charge in [0.2, 0.25) is 5.91 Å². The van der Waals surface area contributed by atoms with Crippen molar-refractivity contribution in [2.45, 2.75) is 53.2 Å². The lowest BCUT2D eigenvalue weighted by Gasteiger charge is -2.44. The van der Waals surface area contributed by atoms with E-state index in [0.29, 0.717) is 34.9 Å². The summed E-state index contributed by atoms with van der Waals surface area (Å²) in [5.74, 6) is 1.000. The van der Waals surface area contributed by atoms with Crippen molar-refractivity contribution in [1.82, 2.24) is 15.1 Å². The smallest absolute Gasteiger partial charge is 0.310 e. The normalized spacial score (nSPS) is 17.9. The Bertz CT molecular complexity index is 2620. The van der Waals surface area contributed by atoms with Gasteiger partial charge >= 0.3 is 5.97 Å². The molecule has 1 unspecified atom stereocenters. The molecule has 1 amide bonds. The molecular formula is C62H63Cl2N3O3S2. The van der Waals surface area contributed by atoms with Gasteiger partial charge in [0.05, 0.1) is 39.1 Å². The molecule has 370 valence electrons. The minimum atomic E-state index is -0.474. The molecular weight excluding hydrogens is 970 g/mol. The summed E-state index contributed by atoms with van der Waals surface area (Å²) < 4.78 is 4.55. The number of benzene rings is 7. The van der Waals surface area contributed by atoms with Crippen LogP contribution in [0.2, 0.25) is 10.0 Å². The number of esters is 1. The first-order chi connectivity index (χ1) is 35.3. The van der Waals surface area contributed by atoms with Gasteiger partial charge in [0, 0.05) is 42.6 Å². The van der Waals surface area contributed by atoms with E-state index in [9.17, 15) is 9.59 Å². The molecule has 7 aromatic rings. The maximum absolute atomic E-state index is 14.3. The molecule has 0 aromatic heterocycles. The SMILES string of the molecule is COC(=O)[C@@H]1[C@H]2CCC(C[C@H]1c1ccc(Cl)c(Cl)c1)N2CCCN(CCSC(c1ccccc1)(c1ccccc1)c1ccccc1)CC(=O)NCCSC(c1ccccc1)(c1ccccc1)c1ccccc1. The van der Waals surface area contributed by atoms with E-state index in [-0.39, 0.29) is 36.3 Å². The minimum absolute atomic E-state index is 0.00584. The molecule has 0 aliphatic carbocycles. The van der Waals surface area contributed by atoms with Gasteiger partial charge in [-0.3, -0.25) is 19.4 Å². The molecule has 2 saturated heterocycles. The number of methoxy groups -OCH3 is 1. The summed E-state index contributed by atoms with van der Waals surface area (Å²) in [5, 5.41) is 4.36. The van der Waals surface area contributed by atoms with Crippen LogP contribution in [-0.2, 0) is 23.8 Å². The van der Waals surface area contributed by atoms with Crippen molar-refractivity contribution < 1.29 is 14.3 Å². The Kier molecular flexibility index (Phi) is 17.6. The molecule has 2 aliphatic rings. The highest BCUT2D eigenvalue weighted by atomic mass is 35.5. The molecule has 9 rings (SSSR count). The van der Waals surface area contributed by atoms with Crippen molar-refractivity contribution in [1.29, 1.82) is 0 Å². The summed E-state index contributed by atoms with van der Waals surface area (Å²) in [5.41, 5.74) is 8.28. The summed E-state index contributed by atoms with van der Waals surface area (Å²) >= 11 is 16.6. The summed E-state index contributed by atoms with van der Waals surface area (Å²) in [6, 6.07) is 70.7. The second-order valence-electron chi connectivity index (χ2n) is 18.8. The van der Waals surface area contributed by atoms with E-state index in [1.807, 2.05) is 41.7 Å². The van der Waals surface area contributed by atoms with Gasteiger partial charge in [0.15, 0.2) is 0 Å². The third kappa shape index (κ3) is 11.4. The summed E-state index contributed by atoms with van der Waals surface area (Å²) in [4.78, 5) is 32.9. The van der Waals surface area contributed by atoms with Crippen LogP contribution in [0.4, 0.5) is 0 Å². The Balaban J connectivity index is 0.936. The molecule has 2 bridgehead atoms. The van der Waals surface area contributed by atoms with Gasteiger partial charge in [-0.25, -0.2) is 0 Å². The number of carbonyl (C=O) groups excluding carboxylic acids is 2. The van der Waals surface area contributed by atoms with Crippen LogP contribution < -0.4 is 5.32 Å². The van der Waals surface area contributed by atoms with Gasteiger partial charge in [-0.1, -0.05) is 211 Å². The number of carbonyl (C=O) groups is 2. The van der Waals surface area contributed by atoms with Crippen molar-refractivity contribution in [3.63, 3.8) is 0 Å². The highest BCUT2D eigenvalue weighted by Gasteiger charge is 2.51. The second kappa shape index (κ2) is 24.6. The predicted molar refractivity (Wildman–Crippen MR) is 300 cm³/mol. The number of ether oxygens (including phenoxy) is 1. The number of hydrogen-bond donors (Lipinski definition) is 1. The van der Waals surface area contributed by atoms with E-state index in [0.717, 1.165) is 50.1 Å². The van der Waals surface area contributed by atoms with E-state index >= 15 is 0 Å². The van der Waals surface area contributed by atoms with E-state index in [1.54, 1.807) is 0 Å². The van der Waals surface area contributed by atoms with Crippen LogP contribution in [0, 0.1) is 5.92 Å². The first-order valence-corrected chi connectivity index (χ1v) is 27.9. The Morgan fingerprint density at radius 2 is 1.07 bits per heavy atom. The molecule has 0 radical (unpaired) electrons. The Labute approximate surface area is 444 Å². The zero-order valence-electron chi connectivity index (χ0n) is 40.8. The standard InChI is InChI=1S/C62H63Cl2N3O3S2/c1-70-60(69)59-54(46-33-35-55(63)56(64)43-46)44-53-34-36-57(59)67(53)39-20-38-66(40-42-72-62(50-27-14-5-15-28-50,51-29-16-6-17-30-51)52-31-18-7-19-32-52)45-58(68)65-37-41-71-61(47-21-8-2-9-22-47,48-23-10-3-11-24-48)49-25-12-4-13-26-49/h2-19,21-33,35,43,53-54,57,59H,20,34,36-42,44-45H2,1H3,(H,65,68)/t53?,54-,57+,59-/m0/s1. The van der Waals surface area contributed by atoms with Crippen LogP contribution in [0.5, 0.6) is 0 Å². The van der Waals surface area contributed by atoms with Crippen molar-refractivity contribution in [2.24, 2.45) is 5.92 Å². The van der Waals surface area contributed by atoms with Crippen LogP contribution >= 0.6 is 46.7 Å². The van der Waals surface area contributed by atoms with Crippen molar-refractivity contribution in [2.75, 3.05) is 51.3 Å². The van der Waals surface area contributed by atoms with Crippen molar-refractivity contribution >= 4 is 58.6 Å². The lowest BCUT2D eigenvalue weighted by molar-refractivity contribution is -0.150. The zero-order valence-corrected chi connectivity index (χ0v) is 44.0. The number of piperidine rings is 1. The highest BCUT2D eigenvalue weighted by molar-refractivity contribution is 8.00. The minimum Gasteiger partial charge on any atom is -0.469 e. The molecule has 0 spiro atoms. The van der Waals surface area contributed by atoms with E-state index < -0.39 is 9.49 Å². The molecule has 7 aromatic carbocycles. The average Bonchev–Trinajstić information content (AvgIpc) is 3.71. The first-order valence-electron chi connectivity index (χ1n) is 25.2. The van der Waals surface area contributed by atoms with Crippen molar-refractivity contribution in [3.8, 4) is 0 Å². The van der Waals surface area contributed by atoms with E-state index in [1.165, 1.54) is 40.5 Å². The van der Waals surface area contributed by atoms with Crippen molar-refractivity contribution in [3.05, 3.63) is 249 Å². The van der Waals surface area contributed by atoms with Crippen LogP contribution in [0.3, 0.4) is 0 Å². The largest absolute Gasteiger partial charge is 0.469 e. The van der Waals surface area contributed by atoms with Gasteiger partial charge in [-0.15, -0.1) is 23.5 Å². The molecule has 2 aliphatic heterocycles. The number of fused-ring (bicyclic) bond motifs is 2. The average molecular weight is 1030 g/mol. The quantitative estimate of drug-likeness (QED) is 0.0412. The molecule has 10 heteroatoms. The maximum Gasteiger partial charge on any atom is 0.310 e. The lowest BCUT2D eigenvalue weighted by Crippen LogP contribution is -2.51. The molecule has 1 N–H and O–H groups in total. The fourth-order valence-corrected chi connectivity index (χ4v) is 14.8. The number of rotatable bonds is 22. The third-order valence-electron chi connectivity index (χ3n) is 14.7. The number of hydrogen-bond acceptors (Lipinski definition) is 7. The third-order valence-corrected chi connectivity index (χ3v) is 18.5. The first kappa shape index (κ1) is 51.6. The van der Waals surface area contributed by atoms with E-state index in [2.05, 4.69) is 197 Å². The van der Waals surface area contributed by atoms with Crippen LogP contribution in [0.15, 0.2) is 200 Å². The zero-order chi connectivity index (χ0) is 49.8. The van der Waals surface area contributed by atoms with Gasteiger partial charge in [0.25, 0.3) is 0 Å². The summed E-state index contributed by atoms with van der Waals surface area (Å²) in [6.07, 6.45) is 3.65. The van der Waals surface area contributed by atoms with Crippen LogP contribution in [0.25, 0.3) is 0 Å². The fraction of sp³-hybridized carbons (Fsp3) is 0.290. The molecule has 2 heterocycles.